The van der Waals surface area contributed by atoms with Crippen molar-refractivity contribution in [2.24, 2.45) is 0 Å². The third-order valence-electron chi connectivity index (χ3n) is 2.64. The average Bonchev–Trinajstić information content (AvgIpc) is 2.36. The Hall–Kier alpha value is -2.02. The van der Waals surface area contributed by atoms with Gasteiger partial charge in [0.2, 0.25) is 0 Å². The van der Waals surface area contributed by atoms with E-state index in [1.165, 1.54) is 24.2 Å². The van der Waals surface area contributed by atoms with Crippen LogP contribution in [0.15, 0.2) is 22.6 Å². The maximum absolute atomic E-state index is 10.8. The summed E-state index contributed by atoms with van der Waals surface area (Å²) in [4.78, 5) is 27.3. The van der Waals surface area contributed by atoms with Crippen LogP contribution in [0.25, 0.3) is 0 Å². The van der Waals surface area contributed by atoms with Gasteiger partial charge in [-0.15, -0.1) is 0 Å². The fourth-order valence-electron chi connectivity index (χ4n) is 1.38. The predicted molar refractivity (Wildman–Crippen MR) is 69.4 cm³/mol. The molecule has 6 nitrogen and oxygen atoms in total. The molecule has 0 atom stereocenters. The van der Waals surface area contributed by atoms with Crippen molar-refractivity contribution in [1.82, 2.24) is 19.9 Å². The topological polar surface area (TPSA) is 88.9 Å². The van der Waals surface area contributed by atoms with Gasteiger partial charge in [0.15, 0.2) is 10.9 Å². The van der Waals surface area contributed by atoms with Crippen LogP contribution in [0.3, 0.4) is 0 Å². The summed E-state index contributed by atoms with van der Waals surface area (Å²) in [7, 11) is 0. The smallest absolute Gasteiger partial charge is 0.356 e. The van der Waals surface area contributed by atoms with E-state index in [1.807, 2.05) is 20.8 Å². The van der Waals surface area contributed by atoms with Crippen molar-refractivity contribution in [3.05, 3.63) is 35.0 Å². The first kappa shape index (κ1) is 13.4. The van der Waals surface area contributed by atoms with Gasteiger partial charge >= 0.3 is 5.97 Å². The van der Waals surface area contributed by atoms with Gasteiger partial charge in [0.25, 0.3) is 0 Å². The van der Waals surface area contributed by atoms with E-state index in [2.05, 4.69) is 19.9 Å². The van der Waals surface area contributed by atoms with Crippen molar-refractivity contribution in [1.29, 1.82) is 0 Å². The number of hydrogen-bond acceptors (Lipinski definition) is 6. The minimum absolute atomic E-state index is 0.0921. The Kier molecular flexibility index (Phi) is 3.75. The Labute approximate surface area is 114 Å². The first-order chi connectivity index (χ1) is 8.97. The second-order valence-corrected chi connectivity index (χ2v) is 4.94. The molecule has 0 aliphatic heterocycles. The van der Waals surface area contributed by atoms with Crippen molar-refractivity contribution in [3.8, 4) is 0 Å². The molecule has 2 aromatic heterocycles. The zero-order chi connectivity index (χ0) is 14.0. The number of hydrogen-bond donors (Lipinski definition) is 1. The first-order valence-electron chi connectivity index (χ1n) is 5.52. The molecule has 0 saturated heterocycles. The number of carbonyl (C=O) groups is 1. The zero-order valence-corrected chi connectivity index (χ0v) is 11.5. The van der Waals surface area contributed by atoms with E-state index in [9.17, 15) is 4.79 Å². The maximum Gasteiger partial charge on any atom is 0.356 e. The quantitative estimate of drug-likeness (QED) is 0.858. The molecule has 0 bridgehead atoms. The Morgan fingerprint density at radius 2 is 1.74 bits per heavy atom. The molecule has 2 aromatic rings. The van der Waals surface area contributed by atoms with Gasteiger partial charge in [0.05, 0.1) is 12.4 Å². The number of aryl methyl sites for hydroxylation is 2. The summed E-state index contributed by atoms with van der Waals surface area (Å²) in [5, 5.41) is 9.86. The van der Waals surface area contributed by atoms with Crippen molar-refractivity contribution in [2.45, 2.75) is 31.0 Å². The van der Waals surface area contributed by atoms with Crippen molar-refractivity contribution < 1.29 is 9.90 Å². The third-order valence-corrected chi connectivity index (χ3v) is 3.41. The van der Waals surface area contributed by atoms with Crippen molar-refractivity contribution in [2.75, 3.05) is 0 Å². The van der Waals surface area contributed by atoms with E-state index in [4.69, 9.17) is 5.11 Å². The molecule has 7 heteroatoms. The second kappa shape index (κ2) is 5.31. The SMILES string of the molecule is Cc1nc(Sc2cncc(C(=O)O)n2)nc(C)c1C. The number of nitrogens with zero attached hydrogens (tertiary/aromatic N) is 4. The van der Waals surface area contributed by atoms with Crippen LogP contribution in [0, 0.1) is 20.8 Å². The van der Waals surface area contributed by atoms with Crippen LogP contribution >= 0.6 is 11.8 Å². The monoisotopic (exact) mass is 276 g/mol. The molecule has 0 saturated carbocycles. The molecule has 0 radical (unpaired) electrons. The molecule has 0 amide bonds. The Morgan fingerprint density at radius 3 is 2.32 bits per heavy atom. The summed E-state index contributed by atoms with van der Waals surface area (Å²) in [5.74, 6) is -1.10. The third kappa shape index (κ3) is 3.05. The van der Waals surface area contributed by atoms with E-state index in [-0.39, 0.29) is 5.69 Å². The Morgan fingerprint density at radius 1 is 1.11 bits per heavy atom. The summed E-state index contributed by atoms with van der Waals surface area (Å²) >= 11 is 1.20. The summed E-state index contributed by atoms with van der Waals surface area (Å²) in [6.07, 6.45) is 2.70. The van der Waals surface area contributed by atoms with Gasteiger partial charge in [0, 0.05) is 11.4 Å². The number of aromatic carboxylic acids is 1. The van der Waals surface area contributed by atoms with Gasteiger partial charge in [-0.1, -0.05) is 0 Å². The number of rotatable bonds is 3. The number of carboxylic acids is 1. The van der Waals surface area contributed by atoms with E-state index >= 15 is 0 Å². The molecule has 19 heavy (non-hydrogen) atoms. The highest BCUT2D eigenvalue weighted by Gasteiger charge is 2.10. The minimum atomic E-state index is -1.10. The second-order valence-electron chi connectivity index (χ2n) is 3.95. The van der Waals surface area contributed by atoms with E-state index in [0.717, 1.165) is 17.0 Å². The van der Waals surface area contributed by atoms with Crippen LogP contribution in [-0.4, -0.2) is 31.0 Å². The molecule has 1 N–H and O–H groups in total. The van der Waals surface area contributed by atoms with Gasteiger partial charge in [-0.25, -0.2) is 19.7 Å². The zero-order valence-electron chi connectivity index (χ0n) is 10.7. The summed E-state index contributed by atoms with van der Waals surface area (Å²) in [6.45, 7) is 5.78. The van der Waals surface area contributed by atoms with Crippen LogP contribution in [0.5, 0.6) is 0 Å². The van der Waals surface area contributed by atoms with Crippen molar-refractivity contribution >= 4 is 17.7 Å². The normalized spacial score (nSPS) is 10.5. The Bertz CT molecular complexity index is 622. The lowest BCUT2D eigenvalue weighted by Crippen LogP contribution is -2.02. The molecular weight excluding hydrogens is 264 g/mol. The molecular formula is C12H12N4O2S. The number of carboxylic acid groups (broad SMARTS) is 1. The lowest BCUT2D eigenvalue weighted by Gasteiger charge is -2.06. The largest absolute Gasteiger partial charge is 0.476 e. The lowest BCUT2D eigenvalue weighted by molar-refractivity contribution is 0.0689. The van der Waals surface area contributed by atoms with Gasteiger partial charge in [-0.2, -0.15) is 0 Å². The van der Waals surface area contributed by atoms with Crippen LogP contribution in [0.4, 0.5) is 0 Å². The van der Waals surface area contributed by atoms with Gasteiger partial charge in [-0.3, -0.25) is 4.98 Å². The first-order valence-corrected chi connectivity index (χ1v) is 6.34. The summed E-state index contributed by atoms with van der Waals surface area (Å²) in [6, 6.07) is 0. The van der Waals surface area contributed by atoms with Crippen molar-refractivity contribution in [3.63, 3.8) is 0 Å². The molecule has 0 spiro atoms. The van der Waals surface area contributed by atoms with E-state index in [0.29, 0.717) is 10.2 Å². The van der Waals surface area contributed by atoms with E-state index in [1.54, 1.807) is 0 Å². The van der Waals surface area contributed by atoms with Crippen LogP contribution in [0.1, 0.15) is 27.4 Å². The molecule has 2 heterocycles. The minimum Gasteiger partial charge on any atom is -0.476 e. The summed E-state index contributed by atoms with van der Waals surface area (Å²) < 4.78 is 0. The molecule has 2 rings (SSSR count). The highest BCUT2D eigenvalue weighted by atomic mass is 32.2. The number of aromatic nitrogens is 4. The summed E-state index contributed by atoms with van der Waals surface area (Å²) in [5.41, 5.74) is 2.76. The van der Waals surface area contributed by atoms with Gasteiger partial charge in [-0.05, 0) is 38.1 Å². The lowest BCUT2D eigenvalue weighted by atomic mass is 10.2. The average molecular weight is 276 g/mol. The van der Waals surface area contributed by atoms with Crippen LogP contribution in [-0.2, 0) is 0 Å². The Balaban J connectivity index is 2.31. The standard InChI is InChI=1S/C12H12N4O2S/c1-6-7(2)14-12(15-8(6)3)19-10-5-13-4-9(16-10)11(17)18/h4-5H,1-3H3,(H,17,18). The fourth-order valence-corrected chi connectivity index (χ4v) is 2.19. The molecule has 0 aromatic carbocycles. The van der Waals surface area contributed by atoms with E-state index < -0.39 is 5.97 Å². The van der Waals surface area contributed by atoms with Crippen LogP contribution in [0.2, 0.25) is 0 Å². The maximum atomic E-state index is 10.8. The molecule has 0 fully saturated rings. The van der Waals surface area contributed by atoms with Crippen LogP contribution < -0.4 is 0 Å². The van der Waals surface area contributed by atoms with Gasteiger partial charge < -0.3 is 5.11 Å². The molecule has 98 valence electrons. The highest BCUT2D eigenvalue weighted by molar-refractivity contribution is 7.99. The molecule has 0 unspecified atom stereocenters. The predicted octanol–water partition coefficient (Wildman–Crippen LogP) is 2.04. The highest BCUT2D eigenvalue weighted by Crippen LogP contribution is 2.23. The fraction of sp³-hybridized carbons (Fsp3) is 0.250. The molecule has 0 aliphatic rings. The van der Waals surface area contributed by atoms with Gasteiger partial charge in [0.1, 0.15) is 5.03 Å². The molecule has 0 aliphatic carbocycles.